The third-order valence-electron chi connectivity index (χ3n) is 5.45. The highest BCUT2D eigenvalue weighted by molar-refractivity contribution is 7.17. The molecule has 2 amide bonds. The van der Waals surface area contributed by atoms with Crippen LogP contribution in [0.25, 0.3) is 0 Å². The molecule has 1 unspecified atom stereocenters. The molecule has 2 heterocycles. The van der Waals surface area contributed by atoms with Crippen molar-refractivity contribution in [2.45, 2.75) is 64.0 Å². The van der Waals surface area contributed by atoms with Crippen LogP contribution in [0.15, 0.2) is 22.8 Å². The van der Waals surface area contributed by atoms with Gasteiger partial charge in [0.2, 0.25) is 0 Å². The Balaban J connectivity index is 1.48. The van der Waals surface area contributed by atoms with Gasteiger partial charge in [0, 0.05) is 10.9 Å². The van der Waals surface area contributed by atoms with Crippen molar-refractivity contribution in [2.75, 3.05) is 5.32 Å². The first-order valence-corrected chi connectivity index (χ1v) is 10.9. The quantitative estimate of drug-likeness (QED) is 0.700. The predicted molar refractivity (Wildman–Crippen MR) is 108 cm³/mol. The number of hydrogen-bond donors (Lipinski definition) is 2. The molecule has 1 atom stereocenters. The molecule has 7 nitrogen and oxygen atoms in total. The van der Waals surface area contributed by atoms with Gasteiger partial charge in [0.15, 0.2) is 11.9 Å². The van der Waals surface area contributed by atoms with Crippen LogP contribution in [0.1, 0.15) is 70.4 Å². The number of nitrogens with one attached hydrogen (secondary N) is 2. The highest BCUT2D eigenvalue weighted by atomic mass is 32.1. The van der Waals surface area contributed by atoms with Crippen LogP contribution in [-0.2, 0) is 22.4 Å². The molecule has 4 rings (SSSR count). The van der Waals surface area contributed by atoms with E-state index in [1.807, 2.05) is 0 Å². The lowest BCUT2D eigenvalue weighted by atomic mass is 10.1. The van der Waals surface area contributed by atoms with Crippen LogP contribution in [0, 0.1) is 0 Å². The molecule has 2 aromatic heterocycles. The molecular formula is C21H24N2O5S. The molecule has 2 aliphatic rings. The SMILES string of the molecule is CC(OC(=O)c1c(NC(=O)c2ccco2)sc2c1CCC2)C(=O)NC1CCCC1. The van der Waals surface area contributed by atoms with E-state index in [0.717, 1.165) is 55.4 Å². The highest BCUT2D eigenvalue weighted by Crippen LogP contribution is 2.39. The Morgan fingerprint density at radius 2 is 2.00 bits per heavy atom. The first-order valence-electron chi connectivity index (χ1n) is 10.0. The van der Waals surface area contributed by atoms with Crippen molar-refractivity contribution in [3.63, 3.8) is 0 Å². The van der Waals surface area contributed by atoms with Crippen LogP contribution in [-0.4, -0.2) is 29.9 Å². The smallest absolute Gasteiger partial charge is 0.342 e. The van der Waals surface area contributed by atoms with Crippen LogP contribution < -0.4 is 10.6 Å². The summed E-state index contributed by atoms with van der Waals surface area (Å²) in [5.41, 5.74) is 1.28. The van der Waals surface area contributed by atoms with E-state index in [2.05, 4.69) is 10.6 Å². The molecule has 8 heteroatoms. The van der Waals surface area contributed by atoms with Crippen LogP contribution in [0.5, 0.6) is 0 Å². The summed E-state index contributed by atoms with van der Waals surface area (Å²) < 4.78 is 10.6. The van der Waals surface area contributed by atoms with Gasteiger partial charge < -0.3 is 19.8 Å². The normalized spacial score (nSPS) is 17.0. The third-order valence-corrected chi connectivity index (χ3v) is 6.66. The van der Waals surface area contributed by atoms with E-state index >= 15 is 0 Å². The Bertz CT molecular complexity index is 912. The maximum Gasteiger partial charge on any atom is 0.342 e. The minimum absolute atomic E-state index is 0.164. The molecule has 2 aliphatic carbocycles. The fraction of sp³-hybridized carbons (Fsp3) is 0.476. The maximum atomic E-state index is 12.9. The molecule has 0 spiro atoms. The molecule has 2 N–H and O–H groups in total. The third kappa shape index (κ3) is 4.22. The van der Waals surface area contributed by atoms with Crippen molar-refractivity contribution >= 4 is 34.1 Å². The summed E-state index contributed by atoms with van der Waals surface area (Å²) in [6.45, 7) is 1.58. The number of carbonyl (C=O) groups is 3. The molecule has 0 aromatic carbocycles. The molecule has 0 aliphatic heterocycles. The van der Waals surface area contributed by atoms with Crippen molar-refractivity contribution in [1.29, 1.82) is 0 Å². The topological polar surface area (TPSA) is 97.6 Å². The van der Waals surface area contributed by atoms with Gasteiger partial charge in [-0.05, 0) is 56.7 Å². The standard InChI is InChI=1S/C21H24N2O5S/c1-12(18(24)22-13-6-2-3-7-13)28-21(26)17-14-8-4-10-16(14)29-20(17)23-19(25)15-9-5-11-27-15/h5,9,11-13H,2-4,6-8,10H2,1H3,(H,22,24)(H,23,25). The van der Waals surface area contributed by atoms with E-state index in [4.69, 9.17) is 9.15 Å². The molecule has 2 aromatic rings. The molecule has 0 radical (unpaired) electrons. The van der Waals surface area contributed by atoms with E-state index < -0.39 is 18.0 Å². The number of thiophene rings is 1. The average Bonchev–Trinajstić information content (AvgIpc) is 3.46. The zero-order valence-electron chi connectivity index (χ0n) is 16.3. The summed E-state index contributed by atoms with van der Waals surface area (Å²) in [7, 11) is 0. The minimum atomic E-state index is -0.895. The lowest BCUT2D eigenvalue weighted by molar-refractivity contribution is -0.129. The second kappa shape index (κ2) is 8.41. The van der Waals surface area contributed by atoms with Gasteiger partial charge in [-0.3, -0.25) is 9.59 Å². The summed E-state index contributed by atoms with van der Waals surface area (Å²) in [4.78, 5) is 38.8. The van der Waals surface area contributed by atoms with E-state index in [1.165, 1.54) is 17.6 Å². The molecule has 0 saturated heterocycles. The summed E-state index contributed by atoms with van der Waals surface area (Å²) in [6.07, 6.45) is 7.27. The second-order valence-corrected chi connectivity index (χ2v) is 8.64. The maximum absolute atomic E-state index is 12.9. The van der Waals surface area contributed by atoms with Crippen molar-refractivity contribution < 1.29 is 23.5 Å². The lowest BCUT2D eigenvalue weighted by Gasteiger charge is -2.17. The number of hydrogen-bond acceptors (Lipinski definition) is 6. The van der Waals surface area contributed by atoms with Crippen molar-refractivity contribution in [3.05, 3.63) is 40.2 Å². The number of fused-ring (bicyclic) bond motifs is 1. The monoisotopic (exact) mass is 416 g/mol. The first-order chi connectivity index (χ1) is 14.0. The van der Waals surface area contributed by atoms with Gasteiger partial charge in [-0.15, -0.1) is 11.3 Å². The number of rotatable bonds is 6. The van der Waals surface area contributed by atoms with Gasteiger partial charge in [0.25, 0.3) is 11.8 Å². The molecule has 154 valence electrons. The van der Waals surface area contributed by atoms with E-state index in [0.29, 0.717) is 10.6 Å². The Hall–Kier alpha value is -2.61. The summed E-state index contributed by atoms with van der Waals surface area (Å²) in [5, 5.41) is 6.17. The van der Waals surface area contributed by atoms with E-state index in [-0.39, 0.29) is 17.7 Å². The molecule has 0 bridgehead atoms. The fourth-order valence-electron chi connectivity index (χ4n) is 3.94. The Morgan fingerprint density at radius 3 is 2.72 bits per heavy atom. The summed E-state index contributed by atoms with van der Waals surface area (Å²) in [6, 6.07) is 3.35. The summed E-state index contributed by atoms with van der Waals surface area (Å²) >= 11 is 1.39. The van der Waals surface area contributed by atoms with E-state index in [1.54, 1.807) is 19.1 Å². The number of amides is 2. The Labute approximate surface area is 172 Å². The first kappa shape index (κ1) is 19.7. The van der Waals surface area contributed by atoms with Gasteiger partial charge in [-0.2, -0.15) is 0 Å². The summed E-state index contributed by atoms with van der Waals surface area (Å²) in [5.74, 6) is -1.11. The van der Waals surface area contributed by atoms with Crippen LogP contribution in [0.4, 0.5) is 5.00 Å². The molecule has 1 fully saturated rings. The minimum Gasteiger partial charge on any atom is -0.459 e. The fourth-order valence-corrected chi connectivity index (χ4v) is 5.21. The lowest BCUT2D eigenvalue weighted by Crippen LogP contribution is -2.41. The van der Waals surface area contributed by atoms with E-state index in [9.17, 15) is 14.4 Å². The number of esters is 1. The highest BCUT2D eigenvalue weighted by Gasteiger charge is 2.31. The number of anilines is 1. The van der Waals surface area contributed by atoms with Gasteiger partial charge in [-0.25, -0.2) is 4.79 Å². The zero-order chi connectivity index (χ0) is 20.4. The van der Waals surface area contributed by atoms with Gasteiger partial charge in [0.05, 0.1) is 11.8 Å². The van der Waals surface area contributed by atoms with Crippen molar-refractivity contribution in [2.24, 2.45) is 0 Å². The van der Waals surface area contributed by atoms with Crippen LogP contribution in [0.2, 0.25) is 0 Å². The van der Waals surface area contributed by atoms with Gasteiger partial charge in [-0.1, -0.05) is 12.8 Å². The molecular weight excluding hydrogens is 392 g/mol. The largest absolute Gasteiger partial charge is 0.459 e. The number of furan rings is 1. The number of ether oxygens (including phenoxy) is 1. The molecule has 1 saturated carbocycles. The zero-order valence-corrected chi connectivity index (χ0v) is 17.1. The predicted octanol–water partition coefficient (Wildman–Crippen LogP) is 3.69. The number of carbonyl (C=O) groups excluding carboxylic acids is 3. The van der Waals surface area contributed by atoms with Gasteiger partial charge >= 0.3 is 5.97 Å². The number of aryl methyl sites for hydroxylation is 1. The van der Waals surface area contributed by atoms with Crippen molar-refractivity contribution in [3.8, 4) is 0 Å². The van der Waals surface area contributed by atoms with Crippen molar-refractivity contribution in [1.82, 2.24) is 5.32 Å². The second-order valence-electron chi connectivity index (χ2n) is 7.53. The Morgan fingerprint density at radius 1 is 1.21 bits per heavy atom. The van der Waals surface area contributed by atoms with Gasteiger partial charge in [0.1, 0.15) is 5.00 Å². The van der Waals surface area contributed by atoms with Crippen LogP contribution in [0.3, 0.4) is 0 Å². The Kier molecular flexibility index (Phi) is 5.71. The molecule has 29 heavy (non-hydrogen) atoms. The average molecular weight is 416 g/mol. The van der Waals surface area contributed by atoms with Crippen LogP contribution >= 0.6 is 11.3 Å².